The van der Waals surface area contributed by atoms with Crippen LogP contribution in [0.2, 0.25) is 0 Å². The van der Waals surface area contributed by atoms with Gasteiger partial charge in [-0.05, 0) is 12.8 Å². The van der Waals surface area contributed by atoms with Crippen molar-refractivity contribution in [3.63, 3.8) is 0 Å². The lowest BCUT2D eigenvalue weighted by molar-refractivity contribution is 0.0157. The zero-order valence-corrected chi connectivity index (χ0v) is 10.2. The molecule has 2 rings (SSSR count). The van der Waals surface area contributed by atoms with Gasteiger partial charge in [0.05, 0.1) is 24.9 Å². The van der Waals surface area contributed by atoms with Crippen LogP contribution in [0.1, 0.15) is 23.2 Å². The van der Waals surface area contributed by atoms with Crippen molar-refractivity contribution in [2.45, 2.75) is 18.9 Å². The first-order valence-corrected chi connectivity index (χ1v) is 6.08. The first-order chi connectivity index (χ1) is 8.83. The highest BCUT2D eigenvalue weighted by atomic mass is 16.5. The highest BCUT2D eigenvalue weighted by Gasteiger charge is 2.21. The molecule has 0 bridgehead atoms. The Morgan fingerprint density at radius 1 is 1.39 bits per heavy atom. The molecule has 0 spiro atoms. The lowest BCUT2D eigenvalue weighted by Gasteiger charge is -2.31. The van der Waals surface area contributed by atoms with E-state index < -0.39 is 0 Å². The monoisotopic (exact) mass is 251 g/mol. The van der Waals surface area contributed by atoms with Crippen LogP contribution in [-0.2, 0) is 4.74 Å². The summed E-state index contributed by atoms with van der Waals surface area (Å²) in [5, 5.41) is 8.69. The van der Waals surface area contributed by atoms with Crippen LogP contribution >= 0.6 is 0 Å². The van der Waals surface area contributed by atoms with E-state index in [9.17, 15) is 4.79 Å². The average molecular weight is 251 g/mol. The van der Waals surface area contributed by atoms with Gasteiger partial charge in [-0.25, -0.2) is 9.97 Å². The van der Waals surface area contributed by atoms with Gasteiger partial charge in [0.2, 0.25) is 5.95 Å². The van der Waals surface area contributed by atoms with Crippen LogP contribution in [0.25, 0.3) is 0 Å². The van der Waals surface area contributed by atoms with Crippen molar-refractivity contribution in [2.75, 3.05) is 31.2 Å². The average Bonchev–Trinajstić information content (AvgIpc) is 2.46. The minimum Gasteiger partial charge on any atom is -0.394 e. The number of aliphatic hydroxyl groups is 1. The number of hydrogen-bond acceptors (Lipinski definition) is 6. The molecule has 1 saturated heterocycles. The lowest BCUT2D eigenvalue weighted by atomic mass is 10.1. The molecule has 0 atom stereocenters. The third kappa shape index (κ3) is 3.24. The van der Waals surface area contributed by atoms with Crippen molar-refractivity contribution < 1.29 is 14.6 Å². The summed E-state index contributed by atoms with van der Waals surface area (Å²) < 4.78 is 5.49. The molecule has 0 saturated carbocycles. The lowest BCUT2D eigenvalue weighted by Crippen LogP contribution is -2.38. The highest BCUT2D eigenvalue weighted by molar-refractivity contribution is 5.73. The van der Waals surface area contributed by atoms with Gasteiger partial charge in [-0.1, -0.05) is 0 Å². The summed E-state index contributed by atoms with van der Waals surface area (Å²) >= 11 is 0. The van der Waals surface area contributed by atoms with Crippen molar-refractivity contribution in [2.24, 2.45) is 0 Å². The third-order valence-electron chi connectivity index (χ3n) is 2.96. The molecule has 0 radical (unpaired) electrons. The third-order valence-corrected chi connectivity index (χ3v) is 2.96. The number of anilines is 1. The van der Waals surface area contributed by atoms with Gasteiger partial charge in [0.15, 0.2) is 6.29 Å². The second-order valence-electron chi connectivity index (χ2n) is 4.22. The Bertz CT molecular complexity index is 375. The standard InChI is InChI=1S/C12H17N3O3/c16-5-6-18-11-1-3-15(4-2-11)12-13-7-10(9-17)8-14-12/h7-9,11,16H,1-6H2. The smallest absolute Gasteiger partial charge is 0.225 e. The Morgan fingerprint density at radius 2 is 2.06 bits per heavy atom. The van der Waals surface area contributed by atoms with E-state index in [0.717, 1.165) is 32.2 Å². The molecule has 1 aromatic heterocycles. The van der Waals surface area contributed by atoms with Crippen molar-refractivity contribution >= 4 is 12.2 Å². The predicted octanol–water partition coefficient (Wildman–Crippen LogP) is 0.267. The molecule has 1 aliphatic heterocycles. The maximum absolute atomic E-state index is 10.5. The molecule has 1 N–H and O–H groups in total. The minimum atomic E-state index is 0.0660. The molecule has 0 amide bonds. The van der Waals surface area contributed by atoms with Gasteiger partial charge in [0, 0.05) is 25.5 Å². The zero-order chi connectivity index (χ0) is 12.8. The Hall–Kier alpha value is -1.53. The quantitative estimate of drug-likeness (QED) is 0.757. The maximum Gasteiger partial charge on any atom is 0.225 e. The fourth-order valence-corrected chi connectivity index (χ4v) is 2.00. The number of aliphatic hydroxyl groups excluding tert-OH is 1. The Morgan fingerprint density at radius 3 is 2.61 bits per heavy atom. The molecular weight excluding hydrogens is 234 g/mol. The Kier molecular flexibility index (Phi) is 4.60. The van der Waals surface area contributed by atoms with Gasteiger partial charge in [0.1, 0.15) is 0 Å². The fourth-order valence-electron chi connectivity index (χ4n) is 2.00. The number of carbonyl (C=O) groups excluding carboxylic acids is 1. The maximum atomic E-state index is 10.5. The van der Waals surface area contributed by atoms with E-state index in [1.54, 1.807) is 0 Å². The van der Waals surface area contributed by atoms with Crippen LogP contribution < -0.4 is 4.90 Å². The number of nitrogens with zero attached hydrogens (tertiary/aromatic N) is 3. The number of piperidine rings is 1. The summed E-state index contributed by atoms with van der Waals surface area (Å²) in [6.45, 7) is 2.12. The van der Waals surface area contributed by atoms with Gasteiger partial charge in [-0.2, -0.15) is 0 Å². The summed E-state index contributed by atoms with van der Waals surface area (Å²) in [6.07, 6.45) is 5.81. The summed E-state index contributed by atoms with van der Waals surface area (Å²) in [4.78, 5) is 20.9. The molecule has 1 fully saturated rings. The first kappa shape index (κ1) is 12.9. The predicted molar refractivity (Wildman–Crippen MR) is 65.7 cm³/mol. The second-order valence-corrected chi connectivity index (χ2v) is 4.22. The summed E-state index contributed by atoms with van der Waals surface area (Å²) in [7, 11) is 0. The molecule has 0 unspecified atom stereocenters. The van der Waals surface area contributed by atoms with E-state index in [1.807, 2.05) is 0 Å². The highest BCUT2D eigenvalue weighted by Crippen LogP contribution is 2.17. The van der Waals surface area contributed by atoms with Crippen LogP contribution in [0, 0.1) is 0 Å². The van der Waals surface area contributed by atoms with E-state index in [-0.39, 0.29) is 12.7 Å². The Balaban J connectivity index is 1.86. The molecule has 2 heterocycles. The number of rotatable bonds is 5. The minimum absolute atomic E-state index is 0.0660. The summed E-state index contributed by atoms with van der Waals surface area (Å²) in [5.41, 5.74) is 0.486. The molecule has 18 heavy (non-hydrogen) atoms. The van der Waals surface area contributed by atoms with Gasteiger partial charge < -0.3 is 14.7 Å². The molecule has 6 nitrogen and oxygen atoms in total. The molecular formula is C12H17N3O3. The van der Waals surface area contributed by atoms with Gasteiger partial charge in [-0.3, -0.25) is 4.79 Å². The normalized spacial score (nSPS) is 16.8. The zero-order valence-electron chi connectivity index (χ0n) is 10.2. The number of aromatic nitrogens is 2. The van der Waals surface area contributed by atoms with Crippen molar-refractivity contribution in [1.29, 1.82) is 0 Å². The Labute approximate surface area is 106 Å². The topological polar surface area (TPSA) is 75.6 Å². The van der Waals surface area contributed by atoms with Crippen molar-refractivity contribution in [3.8, 4) is 0 Å². The van der Waals surface area contributed by atoms with Crippen LogP contribution in [0.3, 0.4) is 0 Å². The fraction of sp³-hybridized carbons (Fsp3) is 0.583. The van der Waals surface area contributed by atoms with Crippen LogP contribution in [0.5, 0.6) is 0 Å². The molecule has 98 valence electrons. The molecule has 6 heteroatoms. The van der Waals surface area contributed by atoms with E-state index in [0.29, 0.717) is 18.1 Å². The van der Waals surface area contributed by atoms with Gasteiger partial charge >= 0.3 is 0 Å². The van der Waals surface area contributed by atoms with Crippen LogP contribution in [0.15, 0.2) is 12.4 Å². The molecule has 1 aliphatic rings. The number of hydrogen-bond donors (Lipinski definition) is 1. The van der Waals surface area contributed by atoms with E-state index in [2.05, 4.69) is 14.9 Å². The SMILES string of the molecule is O=Cc1cnc(N2CCC(OCCO)CC2)nc1. The van der Waals surface area contributed by atoms with E-state index in [4.69, 9.17) is 9.84 Å². The summed E-state index contributed by atoms with van der Waals surface area (Å²) in [6, 6.07) is 0. The van der Waals surface area contributed by atoms with Crippen molar-refractivity contribution in [1.82, 2.24) is 9.97 Å². The molecule has 1 aromatic rings. The summed E-state index contributed by atoms with van der Waals surface area (Å²) in [5.74, 6) is 0.654. The van der Waals surface area contributed by atoms with Crippen molar-refractivity contribution in [3.05, 3.63) is 18.0 Å². The van der Waals surface area contributed by atoms with E-state index in [1.165, 1.54) is 12.4 Å². The van der Waals surface area contributed by atoms with Gasteiger partial charge in [-0.15, -0.1) is 0 Å². The second kappa shape index (κ2) is 6.42. The molecule has 0 aromatic carbocycles. The number of ether oxygens (including phenoxy) is 1. The van der Waals surface area contributed by atoms with E-state index >= 15 is 0 Å². The van der Waals surface area contributed by atoms with Crippen LogP contribution in [-0.4, -0.2) is 53.8 Å². The molecule has 0 aliphatic carbocycles. The number of carbonyl (C=O) groups is 1. The van der Waals surface area contributed by atoms with Gasteiger partial charge in [0.25, 0.3) is 0 Å². The first-order valence-electron chi connectivity index (χ1n) is 6.08. The van der Waals surface area contributed by atoms with Crippen LogP contribution in [0.4, 0.5) is 5.95 Å². The largest absolute Gasteiger partial charge is 0.394 e. The number of aldehydes is 1.